The molecule has 2 aromatic heterocycles. The second kappa shape index (κ2) is 5.50. The molecule has 0 radical (unpaired) electrons. The molecule has 2 heterocycles. The Kier molecular flexibility index (Phi) is 3.66. The molecule has 0 atom stereocenters. The second-order valence-corrected chi connectivity index (χ2v) is 5.56. The molecule has 5 heteroatoms. The van der Waals surface area contributed by atoms with Crippen LogP contribution in [0.25, 0.3) is 22.2 Å². The Labute approximate surface area is 128 Å². The highest BCUT2D eigenvalue weighted by molar-refractivity contribution is 5.85. The molecule has 0 aliphatic rings. The first kappa shape index (κ1) is 14.7. The van der Waals surface area contributed by atoms with Crippen molar-refractivity contribution in [2.75, 3.05) is 6.61 Å². The number of nitrogens with zero attached hydrogens (tertiary/aromatic N) is 3. The molecule has 0 saturated carbocycles. The lowest BCUT2D eigenvalue weighted by atomic mass is 10.0. The zero-order valence-electron chi connectivity index (χ0n) is 12.9. The van der Waals surface area contributed by atoms with E-state index in [1.54, 1.807) is 11.6 Å². The van der Waals surface area contributed by atoms with Crippen LogP contribution in [0.3, 0.4) is 0 Å². The van der Waals surface area contributed by atoms with Gasteiger partial charge in [-0.3, -0.25) is 4.68 Å². The predicted molar refractivity (Wildman–Crippen MR) is 84.2 cm³/mol. The van der Waals surface area contributed by atoms with Gasteiger partial charge in [0.2, 0.25) is 0 Å². The number of hydrogen-bond donors (Lipinski definition) is 1. The number of aliphatic hydroxyl groups is 1. The molecule has 4 nitrogen and oxygen atoms in total. The van der Waals surface area contributed by atoms with E-state index in [0.717, 1.165) is 27.9 Å². The number of aromatic nitrogens is 3. The van der Waals surface area contributed by atoms with Crippen molar-refractivity contribution in [2.24, 2.45) is 0 Å². The summed E-state index contributed by atoms with van der Waals surface area (Å²) in [5.41, 5.74) is 4.84. The van der Waals surface area contributed by atoms with Gasteiger partial charge >= 0.3 is 0 Å². The van der Waals surface area contributed by atoms with Gasteiger partial charge in [-0.1, -0.05) is 0 Å². The molecular formula is C17H18FN3O. The van der Waals surface area contributed by atoms with Gasteiger partial charge in [-0.05, 0) is 44.0 Å². The van der Waals surface area contributed by atoms with Crippen LogP contribution >= 0.6 is 0 Å². The van der Waals surface area contributed by atoms with Gasteiger partial charge in [0.05, 0.1) is 30.1 Å². The molecular weight excluding hydrogens is 281 g/mol. The van der Waals surface area contributed by atoms with Crippen LogP contribution in [0.4, 0.5) is 4.39 Å². The third-order valence-corrected chi connectivity index (χ3v) is 3.85. The third-order valence-electron chi connectivity index (χ3n) is 3.85. The van der Waals surface area contributed by atoms with Crippen molar-refractivity contribution in [1.82, 2.24) is 14.8 Å². The van der Waals surface area contributed by atoms with Crippen LogP contribution < -0.4 is 0 Å². The zero-order chi connectivity index (χ0) is 15.9. The number of benzene rings is 1. The first-order valence-corrected chi connectivity index (χ1v) is 7.22. The van der Waals surface area contributed by atoms with Crippen molar-refractivity contribution >= 4 is 10.9 Å². The number of aliphatic hydroxyl groups excluding tert-OH is 1. The van der Waals surface area contributed by atoms with E-state index < -0.39 is 0 Å². The molecule has 0 amide bonds. The second-order valence-electron chi connectivity index (χ2n) is 5.56. The van der Waals surface area contributed by atoms with Crippen LogP contribution in [0, 0.1) is 26.6 Å². The Morgan fingerprint density at radius 3 is 2.64 bits per heavy atom. The van der Waals surface area contributed by atoms with Gasteiger partial charge in [0.15, 0.2) is 0 Å². The Morgan fingerprint density at radius 2 is 1.91 bits per heavy atom. The van der Waals surface area contributed by atoms with E-state index in [4.69, 9.17) is 5.11 Å². The van der Waals surface area contributed by atoms with Gasteiger partial charge in [0.1, 0.15) is 5.82 Å². The Morgan fingerprint density at radius 1 is 1.14 bits per heavy atom. The normalized spacial score (nSPS) is 11.3. The summed E-state index contributed by atoms with van der Waals surface area (Å²) in [6.07, 6.45) is 1.86. The summed E-state index contributed by atoms with van der Waals surface area (Å²) >= 11 is 0. The van der Waals surface area contributed by atoms with E-state index in [-0.39, 0.29) is 12.4 Å². The van der Waals surface area contributed by atoms with E-state index in [9.17, 15) is 4.39 Å². The molecule has 114 valence electrons. The van der Waals surface area contributed by atoms with Crippen molar-refractivity contribution in [1.29, 1.82) is 0 Å². The molecule has 1 N–H and O–H groups in total. The Balaban J connectivity index is 2.17. The fourth-order valence-electron chi connectivity index (χ4n) is 2.65. The van der Waals surface area contributed by atoms with Crippen molar-refractivity contribution in [3.63, 3.8) is 0 Å². The minimum atomic E-state index is -0.246. The first-order chi connectivity index (χ1) is 10.5. The highest BCUT2D eigenvalue weighted by Crippen LogP contribution is 2.27. The minimum absolute atomic E-state index is 0.0369. The summed E-state index contributed by atoms with van der Waals surface area (Å²) < 4.78 is 15.5. The monoisotopic (exact) mass is 299 g/mol. The van der Waals surface area contributed by atoms with Gasteiger partial charge in [-0.25, -0.2) is 9.37 Å². The third kappa shape index (κ3) is 2.48. The van der Waals surface area contributed by atoms with Gasteiger partial charge in [0.25, 0.3) is 0 Å². The van der Waals surface area contributed by atoms with Crippen molar-refractivity contribution in [2.45, 2.75) is 27.3 Å². The largest absolute Gasteiger partial charge is 0.394 e. The summed E-state index contributed by atoms with van der Waals surface area (Å²) in [4.78, 5) is 4.59. The Bertz CT molecular complexity index is 855. The summed E-state index contributed by atoms with van der Waals surface area (Å²) in [7, 11) is 0. The molecule has 0 unspecified atom stereocenters. The van der Waals surface area contributed by atoms with Crippen LogP contribution in [0.2, 0.25) is 0 Å². The van der Waals surface area contributed by atoms with Gasteiger partial charge in [-0.2, -0.15) is 5.10 Å². The molecule has 0 aliphatic carbocycles. The molecule has 22 heavy (non-hydrogen) atoms. The summed E-state index contributed by atoms with van der Waals surface area (Å²) in [6, 6.07) is 5.31. The summed E-state index contributed by atoms with van der Waals surface area (Å²) in [5, 5.41) is 14.3. The standard InChI is InChI=1S/C17H18FN3O/c1-10-7-16(14-9-21(4-5-22)20-12(14)3)19-17-8-15(18)11(2)6-13(10)17/h6-9,22H,4-5H2,1-3H3. The lowest BCUT2D eigenvalue weighted by Gasteiger charge is -2.07. The molecule has 0 fully saturated rings. The summed E-state index contributed by atoms with van der Waals surface area (Å²) in [6.45, 7) is 6.14. The topological polar surface area (TPSA) is 50.9 Å². The van der Waals surface area contributed by atoms with E-state index in [1.807, 2.05) is 32.2 Å². The first-order valence-electron chi connectivity index (χ1n) is 7.22. The predicted octanol–water partition coefficient (Wildman–Crippen LogP) is 3.15. The maximum Gasteiger partial charge on any atom is 0.128 e. The summed E-state index contributed by atoms with van der Waals surface area (Å²) in [5.74, 6) is -0.246. The lowest BCUT2D eigenvalue weighted by Crippen LogP contribution is -2.02. The number of rotatable bonds is 3. The van der Waals surface area contributed by atoms with Crippen molar-refractivity contribution < 1.29 is 9.50 Å². The average molecular weight is 299 g/mol. The zero-order valence-corrected chi connectivity index (χ0v) is 12.9. The molecule has 0 saturated heterocycles. The van der Waals surface area contributed by atoms with E-state index in [1.165, 1.54) is 6.07 Å². The van der Waals surface area contributed by atoms with Crippen LogP contribution in [-0.4, -0.2) is 26.5 Å². The number of hydrogen-bond acceptors (Lipinski definition) is 3. The fraction of sp³-hybridized carbons (Fsp3) is 0.294. The molecule has 1 aromatic carbocycles. The van der Waals surface area contributed by atoms with E-state index in [0.29, 0.717) is 17.6 Å². The van der Waals surface area contributed by atoms with Crippen molar-refractivity contribution in [3.8, 4) is 11.3 Å². The minimum Gasteiger partial charge on any atom is -0.394 e. The molecule has 0 spiro atoms. The van der Waals surface area contributed by atoms with E-state index in [2.05, 4.69) is 10.1 Å². The van der Waals surface area contributed by atoms with Crippen LogP contribution in [-0.2, 0) is 6.54 Å². The van der Waals surface area contributed by atoms with E-state index >= 15 is 0 Å². The van der Waals surface area contributed by atoms with Gasteiger partial charge in [0, 0.05) is 23.2 Å². The number of halogens is 1. The van der Waals surface area contributed by atoms with Crippen LogP contribution in [0.5, 0.6) is 0 Å². The quantitative estimate of drug-likeness (QED) is 0.808. The molecule has 3 rings (SSSR count). The average Bonchev–Trinajstić information content (AvgIpc) is 2.82. The molecule has 0 bridgehead atoms. The molecule has 0 aliphatic heterocycles. The molecule has 3 aromatic rings. The fourth-order valence-corrected chi connectivity index (χ4v) is 2.65. The van der Waals surface area contributed by atoms with Gasteiger partial charge in [-0.15, -0.1) is 0 Å². The van der Waals surface area contributed by atoms with Gasteiger partial charge < -0.3 is 5.11 Å². The van der Waals surface area contributed by atoms with Crippen molar-refractivity contribution in [3.05, 3.63) is 47.0 Å². The maximum absolute atomic E-state index is 13.8. The van der Waals surface area contributed by atoms with Crippen LogP contribution in [0.1, 0.15) is 16.8 Å². The highest BCUT2D eigenvalue weighted by atomic mass is 19.1. The maximum atomic E-state index is 13.8. The number of fused-ring (bicyclic) bond motifs is 1. The number of pyridine rings is 1. The highest BCUT2D eigenvalue weighted by Gasteiger charge is 2.12. The Hall–Kier alpha value is -2.27. The lowest BCUT2D eigenvalue weighted by molar-refractivity contribution is 0.269. The SMILES string of the molecule is Cc1cc2c(C)cc(-c3cn(CCO)nc3C)nc2cc1F. The number of aryl methyl sites for hydroxylation is 3. The smallest absolute Gasteiger partial charge is 0.128 e. The van der Waals surface area contributed by atoms with Crippen LogP contribution in [0.15, 0.2) is 24.4 Å².